The molecule has 0 saturated heterocycles. The van der Waals surface area contributed by atoms with E-state index in [0.29, 0.717) is 30.6 Å². The Hall–Kier alpha value is -2.15. The minimum absolute atomic E-state index is 0.210. The van der Waals surface area contributed by atoms with Gasteiger partial charge >= 0.3 is 0 Å². The monoisotopic (exact) mass is 303 g/mol. The molecule has 0 bridgehead atoms. The van der Waals surface area contributed by atoms with Crippen LogP contribution in [0.3, 0.4) is 0 Å². The van der Waals surface area contributed by atoms with Crippen molar-refractivity contribution in [3.8, 4) is 0 Å². The number of hydrogen-bond donors (Lipinski definition) is 2. The van der Waals surface area contributed by atoms with Gasteiger partial charge in [-0.05, 0) is 18.9 Å². The molecule has 7 heteroatoms. The van der Waals surface area contributed by atoms with Gasteiger partial charge in [-0.25, -0.2) is 0 Å². The summed E-state index contributed by atoms with van der Waals surface area (Å²) in [7, 11) is 1.62. The molecule has 22 heavy (non-hydrogen) atoms. The third kappa shape index (κ3) is 3.19. The van der Waals surface area contributed by atoms with E-state index in [2.05, 4.69) is 20.6 Å². The number of aromatic nitrogens is 4. The smallest absolute Gasteiger partial charge is 0.275 e. The number of ether oxygens (including phenoxy) is 1. The summed E-state index contributed by atoms with van der Waals surface area (Å²) in [6.45, 7) is 1.05. The topological polar surface area (TPSA) is 84.8 Å². The Bertz CT molecular complexity index is 627. The zero-order valence-corrected chi connectivity index (χ0v) is 12.7. The van der Waals surface area contributed by atoms with Gasteiger partial charge in [0.1, 0.15) is 5.69 Å². The van der Waals surface area contributed by atoms with E-state index < -0.39 is 0 Å². The van der Waals surface area contributed by atoms with Gasteiger partial charge in [0.25, 0.3) is 5.91 Å². The molecule has 1 aliphatic carbocycles. The Morgan fingerprint density at radius 3 is 3.09 bits per heavy atom. The number of rotatable bonds is 6. The largest absolute Gasteiger partial charge is 0.383 e. The van der Waals surface area contributed by atoms with Crippen LogP contribution in [0.5, 0.6) is 0 Å². The highest BCUT2D eigenvalue weighted by Crippen LogP contribution is 2.33. The van der Waals surface area contributed by atoms with Gasteiger partial charge in [-0.15, -0.1) is 0 Å². The molecule has 2 aromatic heterocycles. The van der Waals surface area contributed by atoms with Crippen LogP contribution in [0.2, 0.25) is 0 Å². The molecule has 1 fully saturated rings. The molecule has 0 aliphatic heterocycles. The lowest BCUT2D eigenvalue weighted by Crippen LogP contribution is -2.19. The number of nitrogens with zero attached hydrogens (tertiary/aromatic N) is 3. The van der Waals surface area contributed by atoms with Crippen molar-refractivity contribution < 1.29 is 9.53 Å². The summed E-state index contributed by atoms with van der Waals surface area (Å²) < 4.78 is 6.65. The number of methoxy groups -OCH3 is 1. The fourth-order valence-corrected chi connectivity index (χ4v) is 2.91. The van der Waals surface area contributed by atoms with Crippen LogP contribution in [0.15, 0.2) is 18.3 Å². The average Bonchev–Trinajstić information content (AvgIpc) is 3.25. The molecule has 0 atom stereocenters. The third-order valence-electron chi connectivity index (χ3n) is 4.09. The SMILES string of the molecule is COCCn1nccc1C(=O)Nc1cc(C2CCCC2)[nH]n1. The third-order valence-corrected chi connectivity index (χ3v) is 4.09. The number of nitrogens with one attached hydrogen (secondary N) is 2. The standard InChI is InChI=1S/C15H21N5O2/c1-22-9-8-20-13(6-7-16-20)15(21)17-14-10-12(18-19-14)11-4-2-3-5-11/h6-7,10-11H,2-5,8-9H2,1H3,(H2,17,18,19,21). The van der Waals surface area contributed by atoms with Crippen LogP contribution >= 0.6 is 0 Å². The molecule has 118 valence electrons. The summed E-state index contributed by atoms with van der Waals surface area (Å²) >= 11 is 0. The maximum atomic E-state index is 12.3. The van der Waals surface area contributed by atoms with Gasteiger partial charge < -0.3 is 10.1 Å². The van der Waals surface area contributed by atoms with Crippen molar-refractivity contribution >= 4 is 11.7 Å². The van der Waals surface area contributed by atoms with Crippen molar-refractivity contribution in [2.75, 3.05) is 19.0 Å². The van der Waals surface area contributed by atoms with E-state index >= 15 is 0 Å². The predicted molar refractivity (Wildman–Crippen MR) is 81.9 cm³/mol. The van der Waals surface area contributed by atoms with Gasteiger partial charge in [0.2, 0.25) is 0 Å². The molecule has 0 radical (unpaired) electrons. The number of aromatic amines is 1. The highest BCUT2D eigenvalue weighted by Gasteiger charge is 2.20. The maximum absolute atomic E-state index is 12.3. The Morgan fingerprint density at radius 2 is 2.32 bits per heavy atom. The van der Waals surface area contributed by atoms with Crippen LogP contribution in [0, 0.1) is 0 Å². The van der Waals surface area contributed by atoms with Crippen LogP contribution in [0.1, 0.15) is 47.8 Å². The summed E-state index contributed by atoms with van der Waals surface area (Å²) in [5.41, 5.74) is 1.61. The van der Waals surface area contributed by atoms with Gasteiger partial charge in [-0.2, -0.15) is 10.2 Å². The number of anilines is 1. The van der Waals surface area contributed by atoms with E-state index in [4.69, 9.17) is 4.74 Å². The van der Waals surface area contributed by atoms with Crippen molar-refractivity contribution in [1.82, 2.24) is 20.0 Å². The number of hydrogen-bond acceptors (Lipinski definition) is 4. The summed E-state index contributed by atoms with van der Waals surface area (Å²) in [5.74, 6) is 0.898. The molecule has 2 aromatic rings. The summed E-state index contributed by atoms with van der Waals surface area (Å²) in [4.78, 5) is 12.3. The second kappa shape index (κ2) is 6.74. The van der Waals surface area contributed by atoms with Crippen molar-refractivity contribution in [3.05, 3.63) is 29.7 Å². The van der Waals surface area contributed by atoms with E-state index in [1.165, 1.54) is 25.7 Å². The number of carbonyl (C=O) groups excluding carboxylic acids is 1. The first-order valence-corrected chi connectivity index (χ1v) is 7.65. The van der Waals surface area contributed by atoms with E-state index in [-0.39, 0.29) is 5.91 Å². The van der Waals surface area contributed by atoms with E-state index in [0.717, 1.165) is 5.69 Å². The Balaban J connectivity index is 1.65. The molecular formula is C15H21N5O2. The lowest BCUT2D eigenvalue weighted by atomic mass is 10.0. The first-order chi connectivity index (χ1) is 10.8. The van der Waals surface area contributed by atoms with Crippen molar-refractivity contribution in [3.63, 3.8) is 0 Å². The molecule has 2 N–H and O–H groups in total. The maximum Gasteiger partial charge on any atom is 0.275 e. The first kappa shape index (κ1) is 14.8. The van der Waals surface area contributed by atoms with Gasteiger partial charge in [0.15, 0.2) is 5.82 Å². The van der Waals surface area contributed by atoms with Crippen LogP contribution in [-0.2, 0) is 11.3 Å². The fourth-order valence-electron chi connectivity index (χ4n) is 2.91. The van der Waals surface area contributed by atoms with Crippen molar-refractivity contribution in [1.29, 1.82) is 0 Å². The minimum Gasteiger partial charge on any atom is -0.383 e. The lowest BCUT2D eigenvalue weighted by Gasteiger charge is -2.06. The van der Waals surface area contributed by atoms with E-state index in [1.807, 2.05) is 6.07 Å². The van der Waals surface area contributed by atoms with Gasteiger partial charge in [-0.3, -0.25) is 14.6 Å². The summed E-state index contributed by atoms with van der Waals surface area (Å²) in [6, 6.07) is 3.62. The molecular weight excluding hydrogens is 282 g/mol. The molecule has 2 heterocycles. The average molecular weight is 303 g/mol. The second-order valence-corrected chi connectivity index (χ2v) is 5.58. The Morgan fingerprint density at radius 1 is 1.50 bits per heavy atom. The number of amides is 1. The van der Waals surface area contributed by atoms with Crippen LogP contribution < -0.4 is 5.32 Å². The molecule has 3 rings (SSSR count). The zero-order valence-electron chi connectivity index (χ0n) is 12.7. The fraction of sp³-hybridized carbons (Fsp3) is 0.533. The summed E-state index contributed by atoms with van der Waals surface area (Å²) in [5, 5.41) is 14.2. The quantitative estimate of drug-likeness (QED) is 0.856. The van der Waals surface area contributed by atoms with Gasteiger partial charge in [0, 0.05) is 31.0 Å². The van der Waals surface area contributed by atoms with E-state index in [9.17, 15) is 4.79 Å². The summed E-state index contributed by atoms with van der Waals surface area (Å²) in [6.07, 6.45) is 6.53. The molecule has 1 aliphatic rings. The molecule has 0 aromatic carbocycles. The lowest BCUT2D eigenvalue weighted by molar-refractivity contribution is 0.101. The van der Waals surface area contributed by atoms with Crippen molar-refractivity contribution in [2.24, 2.45) is 0 Å². The number of H-pyrrole nitrogens is 1. The van der Waals surface area contributed by atoms with Crippen molar-refractivity contribution in [2.45, 2.75) is 38.1 Å². The highest BCUT2D eigenvalue weighted by atomic mass is 16.5. The molecule has 0 spiro atoms. The number of carbonyl (C=O) groups is 1. The van der Waals surface area contributed by atoms with Crippen LogP contribution in [0.25, 0.3) is 0 Å². The highest BCUT2D eigenvalue weighted by molar-refractivity contribution is 6.02. The van der Waals surface area contributed by atoms with Gasteiger partial charge in [-0.1, -0.05) is 12.8 Å². The minimum atomic E-state index is -0.210. The molecule has 1 amide bonds. The Kier molecular flexibility index (Phi) is 4.53. The van der Waals surface area contributed by atoms with E-state index in [1.54, 1.807) is 24.1 Å². The normalized spacial score (nSPS) is 15.3. The zero-order chi connectivity index (χ0) is 15.4. The molecule has 1 saturated carbocycles. The van der Waals surface area contributed by atoms with Crippen LogP contribution in [-0.4, -0.2) is 39.6 Å². The van der Waals surface area contributed by atoms with Crippen LogP contribution in [0.4, 0.5) is 5.82 Å². The molecule has 7 nitrogen and oxygen atoms in total. The second-order valence-electron chi connectivity index (χ2n) is 5.58. The van der Waals surface area contributed by atoms with Gasteiger partial charge in [0.05, 0.1) is 13.2 Å². The Labute approximate surface area is 129 Å². The molecule has 0 unspecified atom stereocenters. The predicted octanol–water partition coefficient (Wildman–Crippen LogP) is 2.16. The first-order valence-electron chi connectivity index (χ1n) is 7.65.